The molecule has 714 valence electrons. The maximum absolute atomic E-state index is 13.2. The second kappa shape index (κ2) is 46.8. The highest BCUT2D eigenvalue weighted by atomic mass is 32.2. The van der Waals surface area contributed by atoms with Gasteiger partial charge in [-0.25, -0.2) is 47.9 Å². The molecule has 0 bridgehead atoms. The standard InChI is InChI=1S/C26H25NO5S.C21H27NO4.C20H19NO7.C20H21NO7.C15H15NO4S/c1-17(28)32-27-23(14-18-8-4-2-5-9-18)25(29)22-15-19-12-13-21(16-24(19)31-26(22)30)33-20-10-6-3-7-11-20;1-12(22-26-13(2)23)16-10-14-9-15(20(3,4)5)11-17(21(6,7)8)18(14)25-19(16)24;1-11(22)28-21-15(6-12-4-2-3-5-12)19(23)14-7-13-8-17-18(26-10-25-17)9-16(13)27-20(14)24;1-3-4-5-6-7-15(21-28-12(2)22)19(23)14-8-13-9-17-18(26-11-25-17)10-16(13)27-20(14)24;1-8-5-13-11(7-14(8)21-4)6-12(15(18)19-13)9(2)16-20-10(3)17/h3,6-7,10-13,15-16,18H,2,4-5,8-9,14H2,1H3;9-11H,1-8H3;7-9,12H,2-6,10H2,1H3;8-10H,3-7,11H2,1-2H3;5-7H,1-4H3/b27-23+;22-12+;2*21-15+;. The number of Topliss-reactive ketones (excluding diaryl/α,β-unsaturated/α-hetero) is 3. The Bertz CT molecular complexity index is 6890. The van der Waals surface area contributed by atoms with Crippen molar-refractivity contribution in [1.82, 2.24) is 0 Å². The fourth-order valence-electron chi connectivity index (χ4n) is 15.1. The van der Waals surface area contributed by atoms with E-state index < -0.39 is 75.3 Å². The lowest BCUT2D eigenvalue weighted by Gasteiger charge is -2.26. The maximum atomic E-state index is 13.2. The Morgan fingerprint density at radius 1 is 0.390 bits per heavy atom. The second-order valence-corrected chi connectivity index (χ2v) is 36.9. The number of carbonyl (C=O) groups excluding carboxylic acids is 8. The highest BCUT2D eigenvalue weighted by molar-refractivity contribution is 7.99. The van der Waals surface area contributed by atoms with Gasteiger partial charge in [0.05, 0.1) is 22.6 Å². The van der Waals surface area contributed by atoms with Gasteiger partial charge in [0, 0.05) is 93.9 Å². The SMILES string of the molecule is CC(=O)O/N=C(\C)c1cc2cc(C(C)(C)C)cc(C(C)(C)C)c2oc1=O.CC(=O)O/N=C(\CC1CCCC1)C(=O)c1cc2cc3c(cc2oc1=O)OCO3.CC(=O)O/N=C(\CC1CCCCC1)C(=O)c1cc2ccc(Sc3ccccc3)cc2oc1=O.CCCCCC/C(=N\OC(C)=O)C(=O)c1cc2cc3c(cc2oc1=O)OCO3.CSc1cc2cc(C(C)=NOC(C)=O)c(=O)oc2cc1C. The molecule has 2 aliphatic carbocycles. The van der Waals surface area contributed by atoms with E-state index in [0.717, 1.165) is 113 Å². The Hall–Kier alpha value is -14.0. The van der Waals surface area contributed by atoms with Gasteiger partial charge in [0.2, 0.25) is 30.9 Å². The van der Waals surface area contributed by atoms with E-state index in [9.17, 15) is 62.3 Å². The lowest BCUT2D eigenvalue weighted by atomic mass is 9.79. The predicted octanol–water partition coefficient (Wildman–Crippen LogP) is 20.6. The first-order valence-electron chi connectivity index (χ1n) is 44.4. The molecule has 32 nitrogen and oxygen atoms in total. The number of hydrogen-bond acceptors (Lipinski definition) is 34. The van der Waals surface area contributed by atoms with Crippen molar-refractivity contribution in [2.24, 2.45) is 37.6 Å². The van der Waals surface area contributed by atoms with Crippen LogP contribution in [-0.2, 0) is 59.0 Å². The van der Waals surface area contributed by atoms with Crippen molar-refractivity contribution >= 4 is 154 Å². The van der Waals surface area contributed by atoms with Crippen molar-refractivity contribution in [3.8, 4) is 23.0 Å². The van der Waals surface area contributed by atoms with Gasteiger partial charge in [0.25, 0.3) is 0 Å². The molecule has 0 spiro atoms. The molecule has 0 amide bonds. The highest BCUT2D eigenvalue weighted by Crippen LogP contribution is 2.41. The topological polar surface area (TPSA) is 432 Å². The third-order valence-electron chi connectivity index (χ3n) is 22.1. The van der Waals surface area contributed by atoms with Gasteiger partial charge < -0.3 is 65.2 Å². The van der Waals surface area contributed by atoms with Crippen LogP contribution >= 0.6 is 23.5 Å². The molecule has 2 aliphatic heterocycles. The minimum absolute atomic E-state index is 0.0127. The molecule has 0 radical (unpaired) electrons. The molecule has 15 rings (SSSR count). The zero-order chi connectivity index (χ0) is 98.4. The van der Waals surface area contributed by atoms with Crippen molar-refractivity contribution in [1.29, 1.82) is 0 Å². The van der Waals surface area contributed by atoms with Crippen LogP contribution in [0.15, 0.2) is 214 Å². The first kappa shape index (κ1) is 102. The van der Waals surface area contributed by atoms with E-state index in [4.69, 9.17) is 50.7 Å². The molecule has 5 aromatic heterocycles. The second-order valence-electron chi connectivity index (χ2n) is 34.9. The number of nitrogens with zero attached hydrogens (tertiary/aromatic N) is 5. The Labute approximate surface area is 789 Å². The summed E-state index contributed by atoms with van der Waals surface area (Å²) in [6.07, 6.45) is 16.1. The molecule has 34 heteroatoms. The third kappa shape index (κ3) is 27.8. The van der Waals surface area contributed by atoms with Crippen molar-refractivity contribution in [2.75, 3.05) is 19.8 Å². The van der Waals surface area contributed by atoms with Gasteiger partial charge >= 0.3 is 58.0 Å². The monoisotopic (exact) mass is 1900 g/mol. The van der Waals surface area contributed by atoms with Gasteiger partial charge in [-0.1, -0.05) is 193 Å². The molecule has 0 saturated heterocycles. The van der Waals surface area contributed by atoms with E-state index in [-0.39, 0.29) is 86.8 Å². The molecule has 6 aromatic carbocycles. The summed E-state index contributed by atoms with van der Waals surface area (Å²) in [5.74, 6) is -2.21. The maximum Gasteiger partial charge on any atom is 0.347 e. The summed E-state index contributed by atoms with van der Waals surface area (Å²) in [5, 5.41) is 21.9. The van der Waals surface area contributed by atoms with Crippen molar-refractivity contribution in [2.45, 2.75) is 232 Å². The quantitative estimate of drug-likeness (QED) is 0.00975. The van der Waals surface area contributed by atoms with Crippen LogP contribution in [0, 0.1) is 18.8 Å². The first-order valence-corrected chi connectivity index (χ1v) is 46.4. The van der Waals surface area contributed by atoms with Crippen LogP contribution in [0.25, 0.3) is 54.8 Å². The number of benzene rings is 6. The molecule has 0 N–H and O–H groups in total. The fourth-order valence-corrected chi connectivity index (χ4v) is 16.6. The van der Waals surface area contributed by atoms with Crippen LogP contribution in [0.4, 0.5) is 0 Å². The Morgan fingerprint density at radius 2 is 0.787 bits per heavy atom. The van der Waals surface area contributed by atoms with E-state index in [2.05, 4.69) is 94.8 Å². The molecule has 0 atom stereocenters. The number of carbonyl (C=O) groups is 8. The smallest absolute Gasteiger partial charge is 0.347 e. The molecule has 11 aromatic rings. The van der Waals surface area contributed by atoms with Gasteiger partial charge in [0.1, 0.15) is 61.7 Å². The lowest BCUT2D eigenvalue weighted by molar-refractivity contribution is -0.141. The molecule has 2 fully saturated rings. The van der Waals surface area contributed by atoms with Crippen LogP contribution in [0.2, 0.25) is 0 Å². The molecule has 4 aliphatic rings. The van der Waals surface area contributed by atoms with E-state index in [1.807, 2.05) is 73.8 Å². The Balaban J connectivity index is 0.000000164. The third-order valence-corrected chi connectivity index (χ3v) is 24.0. The number of unbranched alkanes of at least 4 members (excludes halogenated alkanes) is 3. The zero-order valence-corrected chi connectivity index (χ0v) is 80.2. The summed E-state index contributed by atoms with van der Waals surface area (Å²) in [4.78, 5) is 183. The summed E-state index contributed by atoms with van der Waals surface area (Å²) in [6, 6.07) is 37.6. The molecule has 7 heterocycles. The largest absolute Gasteiger partial charge is 0.454 e. The van der Waals surface area contributed by atoms with Gasteiger partial charge in [-0.2, -0.15) is 0 Å². The van der Waals surface area contributed by atoms with E-state index in [0.29, 0.717) is 98.6 Å². The van der Waals surface area contributed by atoms with Crippen molar-refractivity contribution in [3.05, 3.63) is 224 Å². The van der Waals surface area contributed by atoms with Crippen LogP contribution in [-0.4, -0.2) is 95.6 Å². The van der Waals surface area contributed by atoms with E-state index >= 15 is 0 Å². The number of rotatable bonds is 25. The van der Waals surface area contributed by atoms with Gasteiger partial charge in [-0.15, -0.1) is 11.8 Å². The summed E-state index contributed by atoms with van der Waals surface area (Å²) >= 11 is 3.18. The highest BCUT2D eigenvalue weighted by Gasteiger charge is 2.32. The normalized spacial score (nSPS) is 14.0. The molecular weight excluding hydrogens is 1790 g/mol. The van der Waals surface area contributed by atoms with Crippen LogP contribution in [0.5, 0.6) is 23.0 Å². The van der Waals surface area contributed by atoms with Crippen LogP contribution in [0.3, 0.4) is 0 Å². The minimum Gasteiger partial charge on any atom is -0.454 e. The molecule has 2 saturated carbocycles. The molecule has 0 unspecified atom stereocenters. The summed E-state index contributed by atoms with van der Waals surface area (Å²) in [5.41, 5.74) is 2.62. The first-order chi connectivity index (χ1) is 64.7. The molecule has 136 heavy (non-hydrogen) atoms. The Morgan fingerprint density at radius 3 is 1.24 bits per heavy atom. The fraction of sp³-hybridized carbons (Fsp3) is 0.373. The van der Waals surface area contributed by atoms with Crippen molar-refractivity contribution < 1.29 is 104 Å². The van der Waals surface area contributed by atoms with Gasteiger partial charge in [-0.05, 0) is 171 Å². The van der Waals surface area contributed by atoms with Crippen molar-refractivity contribution in [3.63, 3.8) is 0 Å². The average Bonchev–Trinajstić information content (AvgIpc) is 1.06. The van der Waals surface area contributed by atoms with Gasteiger partial charge in [-0.3, -0.25) is 14.4 Å². The minimum atomic E-state index is -0.791. The Kier molecular flexibility index (Phi) is 35.2. The summed E-state index contributed by atoms with van der Waals surface area (Å²) in [6.45, 7) is 26.2. The number of hydrogen-bond donors (Lipinski definition) is 0. The van der Waals surface area contributed by atoms with E-state index in [1.165, 1.54) is 59.2 Å². The number of thioether (sulfide) groups is 1. The van der Waals surface area contributed by atoms with Crippen LogP contribution in [0.1, 0.15) is 259 Å². The van der Waals surface area contributed by atoms with Crippen LogP contribution < -0.4 is 47.1 Å². The number of ketones is 3. The predicted molar refractivity (Wildman–Crippen MR) is 514 cm³/mol. The number of ether oxygens (including phenoxy) is 4. The number of aryl methyl sites for hydroxylation is 1. The number of fused-ring (bicyclic) bond motifs is 7. The van der Waals surface area contributed by atoms with E-state index in [1.54, 1.807) is 79.8 Å². The molecular formula is C102H107N5O27S2. The number of oxime groups is 5. The average molecular weight is 1900 g/mol. The summed E-state index contributed by atoms with van der Waals surface area (Å²) in [7, 11) is 0. The zero-order valence-electron chi connectivity index (χ0n) is 78.6. The van der Waals surface area contributed by atoms with Gasteiger partial charge in [0.15, 0.2) is 23.0 Å². The summed E-state index contributed by atoms with van der Waals surface area (Å²) < 4.78 is 48.3. The lowest BCUT2D eigenvalue weighted by Crippen LogP contribution is -2.25.